The van der Waals surface area contributed by atoms with Crippen molar-refractivity contribution in [3.05, 3.63) is 59.9 Å². The number of carbonyl (C=O) groups excluding carboxylic acids is 2. The van der Waals surface area contributed by atoms with Gasteiger partial charge in [0.05, 0.1) is 25.3 Å². The predicted molar refractivity (Wildman–Crippen MR) is 126 cm³/mol. The number of ether oxygens (including phenoxy) is 2. The SMILES string of the molecule is COc1ccccc1N1CCN(C(=O)C[C@H]2O[C@H](CNC(=O)c3cccc(F)c3)[C@@H](O)[C@H]2O)CC1. The number of piperazine rings is 1. The molecule has 2 aliphatic heterocycles. The minimum Gasteiger partial charge on any atom is -0.495 e. The fourth-order valence-corrected chi connectivity index (χ4v) is 4.48. The second-order valence-electron chi connectivity index (χ2n) is 8.66. The van der Waals surface area contributed by atoms with Crippen molar-refractivity contribution < 1.29 is 33.7 Å². The Bertz CT molecular complexity index is 1050. The van der Waals surface area contributed by atoms with E-state index in [9.17, 15) is 24.2 Å². The van der Waals surface area contributed by atoms with Gasteiger partial charge >= 0.3 is 0 Å². The smallest absolute Gasteiger partial charge is 0.251 e. The van der Waals surface area contributed by atoms with Crippen LogP contribution < -0.4 is 15.0 Å². The topological polar surface area (TPSA) is 112 Å². The van der Waals surface area contributed by atoms with Crippen LogP contribution in [-0.2, 0) is 9.53 Å². The van der Waals surface area contributed by atoms with E-state index in [1.54, 1.807) is 12.0 Å². The van der Waals surface area contributed by atoms with Crippen molar-refractivity contribution >= 4 is 17.5 Å². The van der Waals surface area contributed by atoms with Gasteiger partial charge in [0.2, 0.25) is 5.91 Å². The average Bonchev–Trinajstić information content (AvgIpc) is 3.15. The molecular weight excluding hydrogens is 457 g/mol. The predicted octanol–water partition coefficient (Wildman–Crippen LogP) is 0.792. The Balaban J connectivity index is 1.27. The van der Waals surface area contributed by atoms with Crippen LogP contribution in [0.25, 0.3) is 0 Å². The number of aliphatic hydroxyl groups is 2. The van der Waals surface area contributed by atoms with Crippen LogP contribution in [0.5, 0.6) is 5.75 Å². The molecule has 4 rings (SSSR count). The highest BCUT2D eigenvalue weighted by Crippen LogP contribution is 2.29. The van der Waals surface area contributed by atoms with Gasteiger partial charge in [-0.3, -0.25) is 9.59 Å². The van der Waals surface area contributed by atoms with E-state index in [-0.39, 0.29) is 24.4 Å². The van der Waals surface area contributed by atoms with E-state index in [0.717, 1.165) is 17.5 Å². The van der Waals surface area contributed by atoms with Crippen LogP contribution in [0.4, 0.5) is 10.1 Å². The molecule has 10 heteroatoms. The zero-order valence-electron chi connectivity index (χ0n) is 19.5. The lowest BCUT2D eigenvalue weighted by molar-refractivity contribution is -0.135. The summed E-state index contributed by atoms with van der Waals surface area (Å²) >= 11 is 0. The molecule has 2 aromatic carbocycles. The molecule has 4 atom stereocenters. The lowest BCUT2D eigenvalue weighted by atomic mass is 10.0. The largest absolute Gasteiger partial charge is 0.495 e. The monoisotopic (exact) mass is 487 g/mol. The third kappa shape index (κ3) is 5.72. The Morgan fingerprint density at radius 2 is 1.77 bits per heavy atom. The van der Waals surface area contributed by atoms with Gasteiger partial charge in [-0.15, -0.1) is 0 Å². The van der Waals surface area contributed by atoms with Crippen LogP contribution >= 0.6 is 0 Å². The molecule has 35 heavy (non-hydrogen) atoms. The van der Waals surface area contributed by atoms with Crippen LogP contribution in [0.15, 0.2) is 48.5 Å². The standard InChI is InChI=1S/C25H30FN3O6/c1-34-19-8-3-2-7-18(19)28-9-11-29(12-10-28)22(30)14-20-23(31)24(32)21(35-20)15-27-25(33)16-5-4-6-17(26)13-16/h2-8,13,20-21,23-24,31-32H,9-12,14-15H2,1H3,(H,27,33)/t20-,21-,23+,24-/m1/s1. The molecule has 9 nitrogen and oxygen atoms in total. The number of halogens is 1. The first kappa shape index (κ1) is 24.9. The lowest BCUT2D eigenvalue weighted by Gasteiger charge is -2.37. The number of benzene rings is 2. The van der Waals surface area contributed by atoms with Crippen LogP contribution in [0.3, 0.4) is 0 Å². The molecule has 2 saturated heterocycles. The summed E-state index contributed by atoms with van der Waals surface area (Å²) in [6.07, 6.45) is -4.38. The van der Waals surface area contributed by atoms with E-state index < -0.39 is 36.1 Å². The summed E-state index contributed by atoms with van der Waals surface area (Å²) in [6, 6.07) is 12.9. The van der Waals surface area contributed by atoms with Gasteiger partial charge in [0.25, 0.3) is 5.91 Å². The summed E-state index contributed by atoms with van der Waals surface area (Å²) in [5, 5.41) is 23.3. The number of hydrogen-bond donors (Lipinski definition) is 3. The second-order valence-corrected chi connectivity index (χ2v) is 8.66. The second kappa shape index (κ2) is 11.0. The van der Waals surface area contributed by atoms with Gasteiger partial charge in [-0.25, -0.2) is 4.39 Å². The van der Waals surface area contributed by atoms with Crippen molar-refractivity contribution in [2.75, 3.05) is 44.7 Å². The molecule has 3 N–H and O–H groups in total. The van der Waals surface area contributed by atoms with Gasteiger partial charge in [0.1, 0.15) is 29.9 Å². The number of para-hydroxylation sites is 2. The van der Waals surface area contributed by atoms with Crippen molar-refractivity contribution in [2.45, 2.75) is 30.8 Å². The quantitative estimate of drug-likeness (QED) is 0.530. The number of hydrogen-bond acceptors (Lipinski definition) is 7. The van der Waals surface area contributed by atoms with E-state index >= 15 is 0 Å². The minimum absolute atomic E-state index is 0.0821. The Labute approximate surface area is 203 Å². The lowest BCUT2D eigenvalue weighted by Crippen LogP contribution is -2.50. The third-order valence-electron chi connectivity index (χ3n) is 6.45. The number of aliphatic hydroxyl groups excluding tert-OH is 2. The average molecular weight is 488 g/mol. The van der Waals surface area contributed by atoms with Gasteiger partial charge in [0.15, 0.2) is 0 Å². The molecule has 0 spiro atoms. The van der Waals surface area contributed by atoms with Crippen LogP contribution in [0.1, 0.15) is 16.8 Å². The van der Waals surface area contributed by atoms with Crippen LogP contribution in [0.2, 0.25) is 0 Å². The molecule has 0 saturated carbocycles. The Kier molecular flexibility index (Phi) is 7.84. The van der Waals surface area contributed by atoms with Gasteiger partial charge in [-0.1, -0.05) is 18.2 Å². The summed E-state index contributed by atoms with van der Waals surface area (Å²) in [5.41, 5.74) is 1.11. The Hall–Kier alpha value is -3.21. The first-order valence-corrected chi connectivity index (χ1v) is 11.6. The van der Waals surface area contributed by atoms with Gasteiger partial charge in [-0.2, -0.15) is 0 Å². The number of carbonyl (C=O) groups is 2. The first-order chi connectivity index (χ1) is 16.9. The molecule has 2 aromatic rings. The van der Waals surface area contributed by atoms with Crippen molar-refractivity contribution in [1.29, 1.82) is 0 Å². The summed E-state index contributed by atoms with van der Waals surface area (Å²) < 4.78 is 24.5. The van der Waals surface area contributed by atoms with Gasteiger partial charge in [0, 0.05) is 38.3 Å². The highest BCUT2D eigenvalue weighted by Gasteiger charge is 2.44. The van der Waals surface area contributed by atoms with E-state index in [2.05, 4.69) is 10.2 Å². The van der Waals surface area contributed by atoms with Crippen molar-refractivity contribution in [3.8, 4) is 5.75 Å². The number of methoxy groups -OCH3 is 1. The fraction of sp³-hybridized carbons (Fsp3) is 0.440. The highest BCUT2D eigenvalue weighted by molar-refractivity contribution is 5.94. The minimum atomic E-state index is -1.26. The maximum atomic E-state index is 13.3. The third-order valence-corrected chi connectivity index (χ3v) is 6.45. The van der Waals surface area contributed by atoms with Crippen molar-refractivity contribution in [3.63, 3.8) is 0 Å². The molecule has 2 aliphatic rings. The molecule has 2 heterocycles. The Morgan fingerprint density at radius 1 is 1.06 bits per heavy atom. The zero-order valence-corrected chi connectivity index (χ0v) is 19.5. The summed E-state index contributed by atoms with van der Waals surface area (Å²) in [5.74, 6) is -0.459. The maximum Gasteiger partial charge on any atom is 0.251 e. The zero-order chi connectivity index (χ0) is 24.9. The van der Waals surface area contributed by atoms with E-state index in [0.29, 0.717) is 26.2 Å². The molecule has 0 aromatic heterocycles. The summed E-state index contributed by atoms with van der Waals surface area (Å²) in [4.78, 5) is 29.0. The molecular formula is C25H30FN3O6. The molecule has 0 aliphatic carbocycles. The molecule has 0 radical (unpaired) electrons. The molecule has 2 fully saturated rings. The van der Waals surface area contributed by atoms with Gasteiger partial charge in [-0.05, 0) is 30.3 Å². The number of rotatable bonds is 7. The number of nitrogens with zero attached hydrogens (tertiary/aromatic N) is 2. The number of anilines is 1. The van der Waals surface area contributed by atoms with Crippen molar-refractivity contribution in [1.82, 2.24) is 10.2 Å². The fourth-order valence-electron chi connectivity index (χ4n) is 4.48. The first-order valence-electron chi connectivity index (χ1n) is 11.6. The van der Waals surface area contributed by atoms with Gasteiger partial charge < -0.3 is 34.8 Å². The molecule has 188 valence electrons. The van der Waals surface area contributed by atoms with Crippen molar-refractivity contribution in [2.24, 2.45) is 0 Å². The van der Waals surface area contributed by atoms with E-state index in [1.807, 2.05) is 24.3 Å². The Morgan fingerprint density at radius 3 is 2.49 bits per heavy atom. The summed E-state index contributed by atoms with van der Waals surface area (Å²) in [7, 11) is 1.63. The van der Waals surface area contributed by atoms with E-state index in [4.69, 9.17) is 9.47 Å². The number of amides is 2. The maximum absolute atomic E-state index is 13.3. The summed E-state index contributed by atoms with van der Waals surface area (Å²) in [6.45, 7) is 2.20. The van der Waals surface area contributed by atoms with Crippen LogP contribution in [-0.4, -0.2) is 91.2 Å². The van der Waals surface area contributed by atoms with Crippen LogP contribution in [0, 0.1) is 5.82 Å². The molecule has 0 bridgehead atoms. The van der Waals surface area contributed by atoms with E-state index in [1.165, 1.54) is 18.2 Å². The highest BCUT2D eigenvalue weighted by atomic mass is 19.1. The molecule has 0 unspecified atom stereocenters. The number of nitrogens with one attached hydrogen (secondary N) is 1. The normalized spacial score (nSPS) is 24.3. The molecule has 2 amide bonds.